The Morgan fingerprint density at radius 3 is 2.50 bits per heavy atom. The second-order valence-electron chi connectivity index (χ2n) is 5.23. The molecule has 1 aliphatic heterocycles. The van der Waals surface area contributed by atoms with Gasteiger partial charge in [0.15, 0.2) is 0 Å². The highest BCUT2D eigenvalue weighted by Gasteiger charge is 2.41. The zero-order valence-electron chi connectivity index (χ0n) is 12.0. The summed E-state index contributed by atoms with van der Waals surface area (Å²) in [5.74, 6) is 3.67. The first-order valence-electron chi connectivity index (χ1n) is 7.17. The van der Waals surface area contributed by atoms with Crippen LogP contribution < -0.4 is 16.2 Å². The first-order chi connectivity index (χ1) is 10.7. The van der Waals surface area contributed by atoms with Crippen LogP contribution in [-0.4, -0.2) is 18.4 Å². The van der Waals surface area contributed by atoms with Crippen LogP contribution in [0.15, 0.2) is 54.6 Å². The Balaban J connectivity index is 1.86. The van der Waals surface area contributed by atoms with E-state index >= 15 is 0 Å². The van der Waals surface area contributed by atoms with E-state index in [4.69, 9.17) is 5.84 Å². The van der Waals surface area contributed by atoms with Crippen molar-refractivity contribution >= 4 is 17.5 Å². The maximum atomic E-state index is 12.6. The number of nitrogens with zero attached hydrogens (tertiary/aromatic N) is 1. The van der Waals surface area contributed by atoms with Crippen molar-refractivity contribution in [3.8, 4) is 0 Å². The van der Waals surface area contributed by atoms with E-state index in [1.165, 1.54) is 0 Å². The molecule has 2 aromatic carbocycles. The number of hydrogen-bond acceptors (Lipinski definition) is 3. The van der Waals surface area contributed by atoms with Crippen LogP contribution >= 0.6 is 0 Å². The highest BCUT2D eigenvalue weighted by Crippen LogP contribution is 2.37. The van der Waals surface area contributed by atoms with Gasteiger partial charge in [-0.1, -0.05) is 48.5 Å². The van der Waals surface area contributed by atoms with Gasteiger partial charge in [0.25, 0.3) is 5.91 Å². The number of amides is 2. The highest BCUT2D eigenvalue weighted by atomic mass is 16.2. The zero-order chi connectivity index (χ0) is 15.5. The summed E-state index contributed by atoms with van der Waals surface area (Å²) in [5.41, 5.74) is 4.74. The number of nitrogens with one attached hydrogen (secondary N) is 1. The van der Waals surface area contributed by atoms with Crippen LogP contribution in [0.3, 0.4) is 0 Å². The van der Waals surface area contributed by atoms with Gasteiger partial charge < -0.3 is 4.90 Å². The monoisotopic (exact) mass is 295 g/mol. The van der Waals surface area contributed by atoms with Gasteiger partial charge in [0.05, 0.1) is 0 Å². The molecule has 1 unspecified atom stereocenters. The molecule has 0 aromatic heterocycles. The number of nitrogens with two attached hydrogens (primary N) is 1. The fraction of sp³-hybridized carbons (Fsp3) is 0.176. The average molecular weight is 295 g/mol. The molecule has 0 aliphatic carbocycles. The summed E-state index contributed by atoms with van der Waals surface area (Å²) >= 11 is 0. The predicted molar refractivity (Wildman–Crippen MR) is 84.0 cm³/mol. The normalized spacial score (nSPS) is 16.5. The van der Waals surface area contributed by atoms with E-state index in [0.29, 0.717) is 12.1 Å². The van der Waals surface area contributed by atoms with Gasteiger partial charge in [-0.25, -0.2) is 5.84 Å². The molecule has 3 N–H and O–H groups in total. The second-order valence-corrected chi connectivity index (χ2v) is 5.23. The molecule has 0 saturated carbocycles. The summed E-state index contributed by atoms with van der Waals surface area (Å²) in [6, 6.07) is 17.3. The number of para-hydroxylation sites is 1. The number of hydrazine groups is 1. The lowest BCUT2D eigenvalue weighted by atomic mass is 10.0. The minimum Gasteiger partial charge on any atom is -0.311 e. The Kier molecular flexibility index (Phi) is 3.89. The molecule has 5 heteroatoms. The van der Waals surface area contributed by atoms with E-state index in [1.54, 1.807) is 11.0 Å². The van der Waals surface area contributed by atoms with Crippen LogP contribution in [0, 0.1) is 0 Å². The quantitative estimate of drug-likeness (QED) is 0.387. The van der Waals surface area contributed by atoms with Crippen LogP contribution in [0.25, 0.3) is 0 Å². The highest BCUT2D eigenvalue weighted by molar-refractivity contribution is 6.17. The lowest BCUT2D eigenvalue weighted by Gasteiger charge is -2.17. The fourth-order valence-electron chi connectivity index (χ4n) is 2.84. The second kappa shape index (κ2) is 5.99. The zero-order valence-corrected chi connectivity index (χ0v) is 12.0. The van der Waals surface area contributed by atoms with Gasteiger partial charge in [-0.15, -0.1) is 0 Å². The molecule has 1 heterocycles. The molecule has 3 rings (SSSR count). The maximum Gasteiger partial charge on any atom is 0.251 e. The van der Waals surface area contributed by atoms with Crippen molar-refractivity contribution < 1.29 is 9.59 Å². The van der Waals surface area contributed by atoms with Crippen molar-refractivity contribution in [3.63, 3.8) is 0 Å². The van der Waals surface area contributed by atoms with Gasteiger partial charge in [0, 0.05) is 12.2 Å². The first kappa shape index (κ1) is 14.3. The van der Waals surface area contributed by atoms with Crippen LogP contribution in [0.2, 0.25) is 0 Å². The van der Waals surface area contributed by atoms with Crippen LogP contribution in [0.5, 0.6) is 0 Å². The van der Waals surface area contributed by atoms with E-state index in [9.17, 15) is 9.59 Å². The smallest absolute Gasteiger partial charge is 0.251 e. The standard InChI is InChI=1S/C17H17N3O2/c18-19-16(21)15-13-8-4-5-9-14(13)20(17(15)22)11-10-12-6-2-1-3-7-12/h1-9,15H,10-11,18H2,(H,19,21). The van der Waals surface area contributed by atoms with Crippen LogP contribution in [0.1, 0.15) is 17.0 Å². The lowest BCUT2D eigenvalue weighted by molar-refractivity contribution is -0.129. The predicted octanol–water partition coefficient (Wildman–Crippen LogP) is 1.35. The summed E-state index contributed by atoms with van der Waals surface area (Å²) in [4.78, 5) is 26.2. The molecule has 1 atom stereocenters. The Morgan fingerprint density at radius 2 is 1.77 bits per heavy atom. The van der Waals surface area contributed by atoms with Crippen molar-refractivity contribution in [2.45, 2.75) is 12.3 Å². The van der Waals surface area contributed by atoms with Gasteiger partial charge in [0.2, 0.25) is 5.91 Å². The Bertz CT molecular complexity index is 700. The van der Waals surface area contributed by atoms with Crippen LogP contribution in [-0.2, 0) is 16.0 Å². The number of hydrogen-bond donors (Lipinski definition) is 2. The largest absolute Gasteiger partial charge is 0.311 e. The molecule has 0 radical (unpaired) electrons. The number of rotatable bonds is 4. The van der Waals surface area contributed by atoms with Crippen molar-refractivity contribution in [2.24, 2.45) is 5.84 Å². The molecule has 2 aromatic rings. The molecule has 0 bridgehead atoms. The summed E-state index contributed by atoms with van der Waals surface area (Å²) in [6.07, 6.45) is 0.734. The van der Waals surface area contributed by atoms with Gasteiger partial charge in [-0.2, -0.15) is 0 Å². The summed E-state index contributed by atoms with van der Waals surface area (Å²) in [5, 5.41) is 0. The Morgan fingerprint density at radius 1 is 1.09 bits per heavy atom. The first-order valence-corrected chi connectivity index (χ1v) is 7.17. The minimum atomic E-state index is -0.850. The SMILES string of the molecule is NNC(=O)C1C(=O)N(CCc2ccccc2)c2ccccc21. The molecule has 112 valence electrons. The van der Waals surface area contributed by atoms with E-state index in [1.807, 2.05) is 48.5 Å². The van der Waals surface area contributed by atoms with Gasteiger partial charge in [-0.3, -0.25) is 15.0 Å². The van der Waals surface area contributed by atoms with E-state index in [0.717, 1.165) is 17.7 Å². The molecule has 22 heavy (non-hydrogen) atoms. The third kappa shape index (κ3) is 2.46. The average Bonchev–Trinajstić information content (AvgIpc) is 2.85. The van der Waals surface area contributed by atoms with E-state index in [-0.39, 0.29) is 5.91 Å². The van der Waals surface area contributed by atoms with Crippen molar-refractivity contribution in [2.75, 3.05) is 11.4 Å². The Hall–Kier alpha value is -2.66. The number of benzene rings is 2. The topological polar surface area (TPSA) is 75.4 Å². The van der Waals surface area contributed by atoms with E-state index < -0.39 is 11.8 Å². The third-order valence-electron chi connectivity index (χ3n) is 3.92. The molecule has 0 fully saturated rings. The molecule has 0 spiro atoms. The Labute approximate surface area is 128 Å². The number of anilines is 1. The number of fused-ring (bicyclic) bond motifs is 1. The summed E-state index contributed by atoms with van der Waals surface area (Å²) in [7, 11) is 0. The van der Waals surface area contributed by atoms with Gasteiger partial charge in [-0.05, 0) is 23.6 Å². The fourth-order valence-corrected chi connectivity index (χ4v) is 2.84. The van der Waals surface area contributed by atoms with Crippen molar-refractivity contribution in [1.82, 2.24) is 5.43 Å². The van der Waals surface area contributed by atoms with Crippen molar-refractivity contribution in [1.29, 1.82) is 0 Å². The number of carbonyl (C=O) groups excluding carboxylic acids is 2. The molecular weight excluding hydrogens is 278 g/mol. The minimum absolute atomic E-state index is 0.222. The van der Waals surface area contributed by atoms with Crippen molar-refractivity contribution in [3.05, 3.63) is 65.7 Å². The number of carbonyl (C=O) groups is 2. The van der Waals surface area contributed by atoms with Crippen LogP contribution in [0.4, 0.5) is 5.69 Å². The molecule has 1 aliphatic rings. The van der Waals surface area contributed by atoms with Gasteiger partial charge in [0.1, 0.15) is 5.92 Å². The maximum absolute atomic E-state index is 12.6. The lowest BCUT2D eigenvalue weighted by Crippen LogP contribution is -2.40. The van der Waals surface area contributed by atoms with E-state index in [2.05, 4.69) is 5.43 Å². The summed E-state index contributed by atoms with van der Waals surface area (Å²) in [6.45, 7) is 0.536. The van der Waals surface area contributed by atoms with Gasteiger partial charge >= 0.3 is 0 Å². The molecule has 5 nitrogen and oxygen atoms in total. The molecule has 2 amide bonds. The summed E-state index contributed by atoms with van der Waals surface area (Å²) < 4.78 is 0. The third-order valence-corrected chi connectivity index (χ3v) is 3.92. The molecule has 0 saturated heterocycles. The molecular formula is C17H17N3O2.